The predicted octanol–water partition coefficient (Wildman–Crippen LogP) is 6.22. The third-order valence-corrected chi connectivity index (χ3v) is 7.43. The average molecular weight is 427 g/mol. The zero-order chi connectivity index (χ0) is 19.5. The Hall–Kier alpha value is -1.96. The largest absolute Gasteiger partial charge is 0.305 e. The first-order chi connectivity index (χ1) is 13.6. The molecule has 0 aliphatic carbocycles. The molecule has 0 amide bonds. The van der Waals surface area contributed by atoms with Crippen molar-refractivity contribution in [1.29, 1.82) is 0 Å². The number of rotatable bonds is 7. The molecule has 0 unspecified atom stereocenters. The summed E-state index contributed by atoms with van der Waals surface area (Å²) in [6, 6.07) is 10.8. The molecule has 4 aromatic rings. The first-order valence-electron chi connectivity index (χ1n) is 9.25. The van der Waals surface area contributed by atoms with Crippen LogP contribution in [-0.2, 0) is 19.2 Å². The van der Waals surface area contributed by atoms with Gasteiger partial charge < -0.3 is 4.57 Å². The van der Waals surface area contributed by atoms with Gasteiger partial charge in [-0.25, -0.2) is 4.98 Å². The summed E-state index contributed by atoms with van der Waals surface area (Å²) in [7, 11) is 2.04. The van der Waals surface area contributed by atoms with Gasteiger partial charge in [-0.05, 0) is 19.4 Å². The molecule has 0 fully saturated rings. The van der Waals surface area contributed by atoms with E-state index in [1.165, 1.54) is 16.0 Å². The van der Waals surface area contributed by atoms with Crippen LogP contribution in [0.2, 0.25) is 0 Å². The predicted molar refractivity (Wildman–Crippen MR) is 120 cm³/mol. The van der Waals surface area contributed by atoms with Crippen molar-refractivity contribution in [2.24, 2.45) is 7.05 Å². The minimum atomic E-state index is 0.791. The summed E-state index contributed by atoms with van der Waals surface area (Å²) < 4.78 is 2.08. The van der Waals surface area contributed by atoms with Crippen molar-refractivity contribution >= 4 is 34.4 Å². The van der Waals surface area contributed by atoms with Crippen LogP contribution in [0.25, 0.3) is 22.0 Å². The maximum Gasteiger partial charge on any atom is 0.191 e. The lowest BCUT2D eigenvalue weighted by atomic mass is 10.2. The van der Waals surface area contributed by atoms with Crippen LogP contribution in [0.3, 0.4) is 0 Å². The molecule has 144 valence electrons. The van der Waals surface area contributed by atoms with E-state index in [2.05, 4.69) is 69.7 Å². The summed E-state index contributed by atoms with van der Waals surface area (Å²) >= 11 is 5.17. The van der Waals surface area contributed by atoms with Crippen molar-refractivity contribution < 1.29 is 0 Å². The Bertz CT molecular complexity index is 1060. The summed E-state index contributed by atoms with van der Waals surface area (Å²) in [4.78, 5) is 6.19. The Morgan fingerprint density at radius 3 is 2.64 bits per heavy atom. The summed E-state index contributed by atoms with van der Waals surface area (Å²) in [5.41, 5.74) is 4.68. The molecule has 0 spiro atoms. The second-order valence-corrected chi connectivity index (χ2v) is 9.51. The lowest BCUT2D eigenvalue weighted by Gasteiger charge is -2.01. The molecule has 4 nitrogen and oxygen atoms in total. The molecule has 0 saturated heterocycles. The van der Waals surface area contributed by atoms with Crippen LogP contribution in [0.4, 0.5) is 0 Å². The maximum absolute atomic E-state index is 4.79. The number of thioether (sulfide) groups is 1. The summed E-state index contributed by atoms with van der Waals surface area (Å²) in [5, 5.41) is 15.1. The van der Waals surface area contributed by atoms with Gasteiger partial charge >= 0.3 is 0 Å². The number of aromatic nitrogens is 4. The fraction of sp³-hybridized carbons (Fsp3) is 0.286. The van der Waals surface area contributed by atoms with E-state index in [-0.39, 0.29) is 0 Å². The smallest absolute Gasteiger partial charge is 0.191 e. The lowest BCUT2D eigenvalue weighted by molar-refractivity contribution is 0.793. The van der Waals surface area contributed by atoms with Crippen molar-refractivity contribution in [3.8, 4) is 22.0 Å². The van der Waals surface area contributed by atoms with Crippen LogP contribution in [0.1, 0.15) is 29.5 Å². The Kier molecular flexibility index (Phi) is 5.94. The molecule has 28 heavy (non-hydrogen) atoms. The average Bonchev–Trinajstić information content (AvgIpc) is 3.42. The standard InChI is InChI=1S/C21H22N4S3/c1-4-5-18-10-16(11-26-18)19-23-24-21(25(19)3)28-13-17-12-27-20(22-17)15-8-6-14(2)7-9-15/h6-12H,4-5,13H2,1-3H3. The number of thiazole rings is 1. The minimum Gasteiger partial charge on any atom is -0.305 e. The molecule has 3 aromatic heterocycles. The van der Waals surface area contributed by atoms with Crippen molar-refractivity contribution in [3.63, 3.8) is 0 Å². The highest BCUT2D eigenvalue weighted by atomic mass is 32.2. The van der Waals surface area contributed by atoms with Gasteiger partial charge in [0.25, 0.3) is 0 Å². The Balaban J connectivity index is 1.44. The summed E-state index contributed by atoms with van der Waals surface area (Å²) in [6.45, 7) is 4.31. The van der Waals surface area contributed by atoms with Crippen LogP contribution in [0, 0.1) is 6.92 Å². The van der Waals surface area contributed by atoms with Gasteiger partial charge in [0, 0.05) is 39.6 Å². The Morgan fingerprint density at radius 2 is 1.86 bits per heavy atom. The maximum atomic E-state index is 4.79. The Morgan fingerprint density at radius 1 is 1.04 bits per heavy atom. The third kappa shape index (κ3) is 4.21. The van der Waals surface area contributed by atoms with Crippen molar-refractivity contribution in [2.45, 2.75) is 37.6 Å². The van der Waals surface area contributed by atoms with E-state index < -0.39 is 0 Å². The fourth-order valence-electron chi connectivity index (χ4n) is 2.91. The highest BCUT2D eigenvalue weighted by Crippen LogP contribution is 2.30. The van der Waals surface area contributed by atoms with E-state index in [0.29, 0.717) is 0 Å². The van der Waals surface area contributed by atoms with E-state index in [9.17, 15) is 0 Å². The van der Waals surface area contributed by atoms with Gasteiger partial charge in [0.05, 0.1) is 5.69 Å². The number of hydrogen-bond acceptors (Lipinski definition) is 6. The monoisotopic (exact) mass is 426 g/mol. The molecule has 0 saturated carbocycles. The van der Waals surface area contributed by atoms with Crippen LogP contribution in [0.5, 0.6) is 0 Å². The first kappa shape index (κ1) is 19.4. The quantitative estimate of drug-likeness (QED) is 0.329. The van der Waals surface area contributed by atoms with Crippen molar-refractivity contribution in [3.05, 3.63) is 57.2 Å². The zero-order valence-corrected chi connectivity index (χ0v) is 18.6. The number of thiophene rings is 1. The molecule has 4 rings (SSSR count). The molecule has 0 radical (unpaired) electrons. The van der Waals surface area contributed by atoms with Gasteiger partial charge in [-0.2, -0.15) is 0 Å². The van der Waals surface area contributed by atoms with Gasteiger partial charge in [0.2, 0.25) is 0 Å². The molecule has 7 heteroatoms. The number of hydrogen-bond donors (Lipinski definition) is 0. The van der Waals surface area contributed by atoms with Crippen molar-refractivity contribution in [1.82, 2.24) is 19.7 Å². The topological polar surface area (TPSA) is 43.6 Å². The normalized spacial score (nSPS) is 11.2. The molecular weight excluding hydrogens is 404 g/mol. The van der Waals surface area contributed by atoms with E-state index in [0.717, 1.165) is 45.8 Å². The van der Waals surface area contributed by atoms with E-state index >= 15 is 0 Å². The highest BCUT2D eigenvalue weighted by Gasteiger charge is 2.14. The lowest BCUT2D eigenvalue weighted by Crippen LogP contribution is -1.94. The van der Waals surface area contributed by atoms with Gasteiger partial charge in [-0.15, -0.1) is 32.9 Å². The number of aryl methyl sites for hydroxylation is 2. The van der Waals surface area contributed by atoms with Gasteiger partial charge in [-0.3, -0.25) is 0 Å². The SMILES string of the molecule is CCCc1cc(-c2nnc(SCc3csc(-c4ccc(C)cc4)n3)n2C)cs1. The van der Waals surface area contributed by atoms with Gasteiger partial charge in [0.1, 0.15) is 5.01 Å². The van der Waals surface area contributed by atoms with Crippen LogP contribution < -0.4 is 0 Å². The van der Waals surface area contributed by atoms with Crippen molar-refractivity contribution in [2.75, 3.05) is 0 Å². The summed E-state index contributed by atoms with van der Waals surface area (Å²) in [5.74, 6) is 1.72. The minimum absolute atomic E-state index is 0.791. The fourth-order valence-corrected chi connectivity index (χ4v) is 5.61. The highest BCUT2D eigenvalue weighted by molar-refractivity contribution is 7.98. The van der Waals surface area contributed by atoms with Gasteiger partial charge in [-0.1, -0.05) is 54.9 Å². The molecule has 0 aliphatic rings. The zero-order valence-electron chi connectivity index (χ0n) is 16.2. The molecule has 0 bridgehead atoms. The molecule has 3 heterocycles. The number of nitrogens with zero attached hydrogens (tertiary/aromatic N) is 4. The molecule has 0 aliphatic heterocycles. The first-order valence-corrected chi connectivity index (χ1v) is 12.0. The molecule has 0 atom stereocenters. The Labute approximate surface area is 177 Å². The van der Waals surface area contributed by atoms with Crippen LogP contribution in [0.15, 0.2) is 46.2 Å². The third-order valence-electron chi connectivity index (χ3n) is 4.44. The van der Waals surface area contributed by atoms with Crippen LogP contribution >= 0.6 is 34.4 Å². The number of benzene rings is 1. The molecule has 0 N–H and O–H groups in total. The molecule has 1 aromatic carbocycles. The van der Waals surface area contributed by atoms with Crippen LogP contribution in [-0.4, -0.2) is 19.7 Å². The molecular formula is C21H22N4S3. The second-order valence-electron chi connectivity index (χ2n) is 6.72. The summed E-state index contributed by atoms with van der Waals surface area (Å²) in [6.07, 6.45) is 2.29. The van der Waals surface area contributed by atoms with E-state index in [1.54, 1.807) is 34.4 Å². The van der Waals surface area contributed by atoms with E-state index in [1.807, 2.05) is 7.05 Å². The van der Waals surface area contributed by atoms with E-state index in [4.69, 9.17) is 4.98 Å². The van der Waals surface area contributed by atoms with Gasteiger partial charge in [0.15, 0.2) is 11.0 Å². The second kappa shape index (κ2) is 8.59.